The molecule has 0 bridgehead atoms. The third-order valence-electron chi connectivity index (χ3n) is 5.99. The van der Waals surface area contributed by atoms with Crippen LogP contribution >= 0.6 is 0 Å². The molecule has 1 N–H and O–H groups in total. The molecule has 4 heteroatoms. The molecule has 1 aliphatic heterocycles. The van der Waals surface area contributed by atoms with Gasteiger partial charge in [0.1, 0.15) is 6.54 Å². The fraction of sp³-hybridized carbons (Fsp3) is 0.375. The minimum Gasteiger partial charge on any atom is -1.00 e. The lowest BCUT2D eigenvalue weighted by atomic mass is 10.1. The summed E-state index contributed by atoms with van der Waals surface area (Å²) < 4.78 is 1.14. The molecule has 2 aromatic rings. The lowest BCUT2D eigenvalue weighted by molar-refractivity contribution is -0.910. The number of likely N-dealkylation sites (tertiary alicyclic amines) is 1. The van der Waals surface area contributed by atoms with Gasteiger partial charge in [0, 0.05) is 29.7 Å². The summed E-state index contributed by atoms with van der Waals surface area (Å²) in [6, 6.07) is 16.8. The number of carbonyl (C=O) groups is 1. The molecule has 2 aliphatic rings. The normalized spacial score (nSPS) is 17.7. The van der Waals surface area contributed by atoms with Crippen molar-refractivity contribution in [3.63, 3.8) is 0 Å². The molecule has 28 heavy (non-hydrogen) atoms. The lowest BCUT2D eigenvalue weighted by Gasteiger charge is -2.29. The van der Waals surface area contributed by atoms with Crippen LogP contribution < -0.4 is 29.3 Å². The third-order valence-corrected chi connectivity index (χ3v) is 5.99. The van der Waals surface area contributed by atoms with Gasteiger partial charge in [0.05, 0.1) is 20.1 Å². The molecule has 2 aromatic carbocycles. The average Bonchev–Trinajstić information content (AvgIpc) is 2.97. The van der Waals surface area contributed by atoms with E-state index in [4.69, 9.17) is 0 Å². The van der Waals surface area contributed by atoms with Crippen molar-refractivity contribution in [2.24, 2.45) is 0 Å². The van der Waals surface area contributed by atoms with E-state index < -0.39 is 0 Å². The van der Waals surface area contributed by atoms with Gasteiger partial charge in [0.2, 0.25) is 0 Å². The zero-order valence-electron chi connectivity index (χ0n) is 16.6. The molecule has 0 atom stereocenters. The molecule has 1 heterocycles. The summed E-state index contributed by atoms with van der Waals surface area (Å²) in [7, 11) is 2.35. The van der Waals surface area contributed by atoms with Crippen LogP contribution in [0.15, 0.2) is 54.1 Å². The summed E-state index contributed by atoms with van der Waals surface area (Å²) >= 11 is 0. The molecular formula is C24H29IN2O. The first kappa shape index (κ1) is 21.1. The van der Waals surface area contributed by atoms with E-state index in [2.05, 4.69) is 48.8 Å². The van der Waals surface area contributed by atoms with Crippen LogP contribution in [0.1, 0.15) is 42.4 Å². The largest absolute Gasteiger partial charge is 1.00 e. The van der Waals surface area contributed by atoms with Crippen molar-refractivity contribution in [3.05, 3.63) is 70.8 Å². The van der Waals surface area contributed by atoms with Crippen LogP contribution in [0.2, 0.25) is 0 Å². The Labute approximate surface area is 185 Å². The summed E-state index contributed by atoms with van der Waals surface area (Å²) in [5.41, 5.74) is 5.62. The van der Waals surface area contributed by atoms with E-state index in [0.717, 1.165) is 41.6 Å². The Bertz CT molecular complexity index is 851. The molecule has 0 radical (unpaired) electrons. The fourth-order valence-electron chi connectivity index (χ4n) is 4.41. The van der Waals surface area contributed by atoms with Crippen molar-refractivity contribution < 1.29 is 33.3 Å². The molecule has 0 saturated carbocycles. The van der Waals surface area contributed by atoms with Gasteiger partial charge in [-0.05, 0) is 48.6 Å². The average molecular weight is 488 g/mol. The number of halogens is 1. The molecule has 148 valence electrons. The Morgan fingerprint density at radius 1 is 0.964 bits per heavy atom. The van der Waals surface area contributed by atoms with Crippen LogP contribution in [0.25, 0.3) is 6.08 Å². The molecule has 1 saturated heterocycles. The predicted molar refractivity (Wildman–Crippen MR) is 111 cm³/mol. The highest BCUT2D eigenvalue weighted by Gasteiger charge is 2.26. The Morgan fingerprint density at radius 3 is 2.43 bits per heavy atom. The number of nitrogens with zero attached hydrogens (tertiary/aromatic N) is 1. The molecule has 1 aliphatic carbocycles. The van der Waals surface area contributed by atoms with Gasteiger partial charge in [-0.1, -0.05) is 36.4 Å². The van der Waals surface area contributed by atoms with Crippen molar-refractivity contribution in [1.82, 2.24) is 0 Å². The number of hydrogen-bond donors (Lipinski definition) is 1. The maximum absolute atomic E-state index is 12.8. The number of amides is 1. The zero-order valence-corrected chi connectivity index (χ0v) is 18.7. The molecule has 4 rings (SSSR count). The van der Waals surface area contributed by atoms with Crippen molar-refractivity contribution >= 4 is 17.7 Å². The SMILES string of the molecule is C[N+]1(Cc2ccc(NC(=O)C3=Cc4ccccc4CCC3)cc2)CCCC1.[I-]. The molecular weight excluding hydrogens is 459 g/mol. The Hall–Kier alpha value is -1.66. The number of anilines is 1. The van der Waals surface area contributed by atoms with Gasteiger partial charge in [-0.2, -0.15) is 0 Å². The monoisotopic (exact) mass is 488 g/mol. The number of carbonyl (C=O) groups excluding carboxylic acids is 1. The second-order valence-corrected chi connectivity index (χ2v) is 8.30. The summed E-state index contributed by atoms with van der Waals surface area (Å²) in [5.74, 6) is 0.0259. The summed E-state index contributed by atoms with van der Waals surface area (Å²) in [6.45, 7) is 3.62. The van der Waals surface area contributed by atoms with Crippen molar-refractivity contribution in [2.45, 2.75) is 38.6 Å². The van der Waals surface area contributed by atoms with Gasteiger partial charge >= 0.3 is 0 Å². The van der Waals surface area contributed by atoms with Gasteiger partial charge in [0.15, 0.2) is 0 Å². The number of quaternary nitrogens is 1. The van der Waals surface area contributed by atoms with E-state index in [-0.39, 0.29) is 29.9 Å². The zero-order chi connectivity index (χ0) is 18.7. The van der Waals surface area contributed by atoms with Gasteiger partial charge in [0.25, 0.3) is 5.91 Å². The molecule has 1 amide bonds. The number of benzene rings is 2. The highest BCUT2D eigenvalue weighted by Crippen LogP contribution is 2.25. The number of rotatable bonds is 4. The van der Waals surface area contributed by atoms with Crippen molar-refractivity contribution in [3.8, 4) is 0 Å². The number of nitrogens with one attached hydrogen (secondary N) is 1. The maximum atomic E-state index is 12.8. The maximum Gasteiger partial charge on any atom is 0.251 e. The summed E-state index contributed by atoms with van der Waals surface area (Å²) in [6.07, 6.45) is 7.62. The van der Waals surface area contributed by atoms with Crippen LogP contribution in [-0.4, -0.2) is 30.5 Å². The number of fused-ring (bicyclic) bond motifs is 1. The van der Waals surface area contributed by atoms with E-state index in [9.17, 15) is 4.79 Å². The van der Waals surface area contributed by atoms with E-state index >= 15 is 0 Å². The van der Waals surface area contributed by atoms with Gasteiger partial charge < -0.3 is 33.8 Å². The first-order chi connectivity index (χ1) is 13.1. The van der Waals surface area contributed by atoms with Crippen LogP contribution in [-0.2, 0) is 17.8 Å². The van der Waals surface area contributed by atoms with Crippen LogP contribution in [0.5, 0.6) is 0 Å². The Morgan fingerprint density at radius 2 is 1.68 bits per heavy atom. The molecule has 0 spiro atoms. The smallest absolute Gasteiger partial charge is 0.251 e. The van der Waals surface area contributed by atoms with Crippen molar-refractivity contribution in [1.29, 1.82) is 0 Å². The molecule has 1 fully saturated rings. The molecule has 0 aromatic heterocycles. The lowest BCUT2D eigenvalue weighted by Crippen LogP contribution is -3.00. The van der Waals surface area contributed by atoms with Gasteiger partial charge in [-0.25, -0.2) is 0 Å². The molecule has 0 unspecified atom stereocenters. The van der Waals surface area contributed by atoms with Crippen molar-refractivity contribution in [2.75, 3.05) is 25.5 Å². The minimum absolute atomic E-state index is 0. The van der Waals surface area contributed by atoms with Gasteiger partial charge in [-0.3, -0.25) is 4.79 Å². The Balaban J connectivity index is 0.00000225. The quantitative estimate of drug-likeness (QED) is 0.516. The van der Waals surface area contributed by atoms with Crippen LogP contribution in [0.3, 0.4) is 0 Å². The van der Waals surface area contributed by atoms with Gasteiger partial charge in [-0.15, -0.1) is 0 Å². The van der Waals surface area contributed by atoms with E-state index in [1.807, 2.05) is 18.2 Å². The highest BCUT2D eigenvalue weighted by atomic mass is 127. The fourth-order valence-corrected chi connectivity index (χ4v) is 4.41. The van der Waals surface area contributed by atoms with E-state index in [0.29, 0.717) is 0 Å². The first-order valence-corrected chi connectivity index (χ1v) is 10.1. The molecule has 3 nitrogen and oxygen atoms in total. The van der Waals surface area contributed by atoms with Crippen LogP contribution in [0.4, 0.5) is 5.69 Å². The Kier molecular flexibility index (Phi) is 6.94. The highest BCUT2D eigenvalue weighted by molar-refractivity contribution is 6.06. The summed E-state index contributed by atoms with van der Waals surface area (Å²) in [4.78, 5) is 12.8. The van der Waals surface area contributed by atoms with E-state index in [1.165, 1.54) is 42.6 Å². The summed E-state index contributed by atoms with van der Waals surface area (Å²) in [5, 5.41) is 3.09. The predicted octanol–water partition coefficient (Wildman–Crippen LogP) is 1.79. The third kappa shape index (κ3) is 5.03. The standard InChI is InChI=1S/C24H28N2O.HI/c1-26(15-4-5-16-26)18-19-11-13-23(14-12-19)25-24(27)22-10-6-9-20-7-2-3-8-21(20)17-22;/h2-3,7-8,11-14,17H,4-6,9-10,15-16,18H2,1H3;1H. The number of aryl methyl sites for hydroxylation is 1. The van der Waals surface area contributed by atoms with E-state index in [1.54, 1.807) is 0 Å². The minimum atomic E-state index is 0. The number of hydrogen-bond acceptors (Lipinski definition) is 1. The second kappa shape index (κ2) is 9.23. The van der Waals surface area contributed by atoms with Crippen LogP contribution in [0, 0.1) is 0 Å². The topological polar surface area (TPSA) is 29.1 Å². The first-order valence-electron chi connectivity index (χ1n) is 10.1. The second-order valence-electron chi connectivity index (χ2n) is 8.30.